The first-order valence-corrected chi connectivity index (χ1v) is 10.7. The highest BCUT2D eigenvalue weighted by molar-refractivity contribution is 6.46. The molecule has 0 saturated carbocycles. The zero-order valence-electron chi connectivity index (χ0n) is 18.1. The van der Waals surface area contributed by atoms with E-state index in [1.54, 1.807) is 48.5 Å². The summed E-state index contributed by atoms with van der Waals surface area (Å²) in [6.45, 7) is 6.37. The van der Waals surface area contributed by atoms with Crippen molar-refractivity contribution in [1.82, 2.24) is 0 Å². The first-order chi connectivity index (χ1) is 15.4. The molecule has 6 heteroatoms. The van der Waals surface area contributed by atoms with Gasteiger partial charge >= 0.3 is 0 Å². The number of hydrogen-bond donors (Lipinski definition) is 1. The topological polar surface area (TPSA) is 58.6 Å². The van der Waals surface area contributed by atoms with Gasteiger partial charge in [0.25, 0.3) is 11.8 Å². The molecule has 3 aromatic rings. The zero-order valence-corrected chi connectivity index (χ0v) is 18.9. The Bertz CT molecular complexity index is 1210. The van der Waals surface area contributed by atoms with Crippen molar-refractivity contribution in [3.05, 3.63) is 94.1 Å². The average Bonchev–Trinajstić information content (AvgIpc) is 3.02. The van der Waals surface area contributed by atoms with Gasteiger partial charge in [0.1, 0.15) is 11.4 Å². The van der Waals surface area contributed by atoms with Crippen LogP contribution in [-0.2, 0) is 9.59 Å². The molecule has 0 aromatic heterocycles. The lowest BCUT2D eigenvalue weighted by atomic mass is 10.0. The minimum absolute atomic E-state index is 0.236. The predicted octanol–water partition coefficient (Wildman–Crippen LogP) is 5.75. The lowest BCUT2D eigenvalue weighted by Gasteiger charge is -2.16. The number of benzene rings is 3. The maximum Gasteiger partial charge on any atom is 0.282 e. The molecule has 32 heavy (non-hydrogen) atoms. The van der Waals surface area contributed by atoms with Gasteiger partial charge in [0.15, 0.2) is 0 Å². The Balaban J connectivity index is 1.79. The van der Waals surface area contributed by atoms with E-state index in [9.17, 15) is 9.59 Å². The third-order valence-corrected chi connectivity index (χ3v) is 5.53. The smallest absolute Gasteiger partial charge is 0.282 e. The number of halogens is 1. The van der Waals surface area contributed by atoms with Crippen molar-refractivity contribution >= 4 is 40.4 Å². The predicted molar refractivity (Wildman–Crippen MR) is 128 cm³/mol. The van der Waals surface area contributed by atoms with Crippen molar-refractivity contribution in [1.29, 1.82) is 0 Å². The number of anilines is 2. The van der Waals surface area contributed by atoms with E-state index in [2.05, 4.69) is 5.32 Å². The van der Waals surface area contributed by atoms with Crippen LogP contribution in [0.2, 0.25) is 5.02 Å². The van der Waals surface area contributed by atoms with E-state index in [1.807, 2.05) is 39.0 Å². The molecule has 162 valence electrons. The van der Waals surface area contributed by atoms with Gasteiger partial charge in [-0.25, -0.2) is 4.90 Å². The number of imide groups is 1. The Morgan fingerprint density at radius 2 is 1.59 bits per heavy atom. The Labute approximate surface area is 192 Å². The van der Waals surface area contributed by atoms with Crippen molar-refractivity contribution in [2.45, 2.75) is 20.8 Å². The van der Waals surface area contributed by atoms with E-state index in [1.165, 1.54) is 4.90 Å². The second-order valence-corrected chi connectivity index (χ2v) is 8.01. The first-order valence-electron chi connectivity index (χ1n) is 10.3. The van der Waals surface area contributed by atoms with E-state index < -0.39 is 11.8 Å². The highest BCUT2D eigenvalue weighted by Gasteiger charge is 2.40. The van der Waals surface area contributed by atoms with Crippen LogP contribution in [0, 0.1) is 13.8 Å². The van der Waals surface area contributed by atoms with Gasteiger partial charge < -0.3 is 10.1 Å². The molecule has 3 aromatic carbocycles. The Kier molecular flexibility index (Phi) is 6.01. The maximum absolute atomic E-state index is 13.5. The number of rotatable bonds is 6. The van der Waals surface area contributed by atoms with Crippen LogP contribution in [0.25, 0.3) is 5.57 Å². The number of nitrogens with one attached hydrogen (secondary N) is 1. The third-order valence-electron chi connectivity index (χ3n) is 5.28. The van der Waals surface area contributed by atoms with Crippen LogP contribution >= 0.6 is 11.6 Å². The molecule has 0 spiro atoms. The number of carbonyl (C=O) groups excluding carboxylic acids is 2. The molecule has 0 aliphatic carbocycles. The summed E-state index contributed by atoms with van der Waals surface area (Å²) in [7, 11) is 0. The first kappa shape index (κ1) is 21.7. The quantitative estimate of drug-likeness (QED) is 0.489. The molecule has 1 aliphatic rings. The number of hydrogen-bond acceptors (Lipinski definition) is 4. The number of aryl methyl sites for hydroxylation is 2. The van der Waals surface area contributed by atoms with Crippen LogP contribution in [0.5, 0.6) is 5.75 Å². The minimum Gasteiger partial charge on any atom is -0.494 e. The molecule has 1 N–H and O–H groups in total. The molecule has 0 atom stereocenters. The van der Waals surface area contributed by atoms with Gasteiger partial charge in [0.05, 0.1) is 17.9 Å². The molecule has 1 aliphatic heterocycles. The fourth-order valence-corrected chi connectivity index (χ4v) is 3.75. The summed E-state index contributed by atoms with van der Waals surface area (Å²) in [5.41, 5.74) is 4.44. The Morgan fingerprint density at radius 1 is 0.906 bits per heavy atom. The van der Waals surface area contributed by atoms with Gasteiger partial charge in [0, 0.05) is 10.7 Å². The lowest BCUT2D eigenvalue weighted by molar-refractivity contribution is -0.120. The van der Waals surface area contributed by atoms with E-state index in [0.29, 0.717) is 34.2 Å². The summed E-state index contributed by atoms with van der Waals surface area (Å²) >= 11 is 6.05. The zero-order chi connectivity index (χ0) is 22.8. The maximum atomic E-state index is 13.5. The highest BCUT2D eigenvalue weighted by Crippen LogP contribution is 2.35. The molecule has 0 radical (unpaired) electrons. The summed E-state index contributed by atoms with van der Waals surface area (Å²) in [4.78, 5) is 28.2. The van der Waals surface area contributed by atoms with Crippen molar-refractivity contribution in [2.24, 2.45) is 0 Å². The van der Waals surface area contributed by atoms with Crippen LogP contribution in [0.3, 0.4) is 0 Å². The summed E-state index contributed by atoms with van der Waals surface area (Å²) in [5.74, 6) is -0.130. The lowest BCUT2D eigenvalue weighted by Crippen LogP contribution is -2.32. The summed E-state index contributed by atoms with van der Waals surface area (Å²) in [5, 5.41) is 3.79. The van der Waals surface area contributed by atoms with Gasteiger partial charge in [-0.3, -0.25) is 9.59 Å². The monoisotopic (exact) mass is 446 g/mol. The van der Waals surface area contributed by atoms with Gasteiger partial charge in [-0.1, -0.05) is 35.9 Å². The third kappa shape index (κ3) is 4.12. The van der Waals surface area contributed by atoms with Crippen molar-refractivity contribution < 1.29 is 14.3 Å². The molecular weight excluding hydrogens is 424 g/mol. The van der Waals surface area contributed by atoms with E-state index in [0.717, 1.165) is 16.8 Å². The number of ether oxygens (including phenoxy) is 1. The van der Waals surface area contributed by atoms with Crippen LogP contribution in [0.1, 0.15) is 23.6 Å². The van der Waals surface area contributed by atoms with Gasteiger partial charge in [-0.05, 0) is 79.9 Å². The molecule has 2 amide bonds. The van der Waals surface area contributed by atoms with E-state index >= 15 is 0 Å². The number of amides is 2. The summed E-state index contributed by atoms with van der Waals surface area (Å²) in [6, 6.07) is 19.8. The molecule has 5 nitrogen and oxygen atoms in total. The van der Waals surface area contributed by atoms with Crippen molar-refractivity contribution in [3.8, 4) is 5.75 Å². The molecule has 0 unspecified atom stereocenters. The fourth-order valence-electron chi connectivity index (χ4n) is 3.63. The van der Waals surface area contributed by atoms with Crippen molar-refractivity contribution in [2.75, 3.05) is 16.8 Å². The Hall–Kier alpha value is -3.57. The SMILES string of the molecule is CCOc1ccc(N2C(=O)C(Nc3cc(C)ccc3C)=C(c3ccc(Cl)cc3)C2=O)cc1. The number of nitrogens with zero attached hydrogens (tertiary/aromatic N) is 1. The minimum atomic E-state index is -0.412. The summed E-state index contributed by atoms with van der Waals surface area (Å²) < 4.78 is 5.48. The molecule has 1 heterocycles. The van der Waals surface area contributed by atoms with Crippen LogP contribution in [0.4, 0.5) is 11.4 Å². The van der Waals surface area contributed by atoms with E-state index in [4.69, 9.17) is 16.3 Å². The largest absolute Gasteiger partial charge is 0.494 e. The van der Waals surface area contributed by atoms with Gasteiger partial charge in [0.2, 0.25) is 0 Å². The van der Waals surface area contributed by atoms with Crippen LogP contribution in [-0.4, -0.2) is 18.4 Å². The van der Waals surface area contributed by atoms with Crippen LogP contribution < -0.4 is 15.0 Å². The van der Waals surface area contributed by atoms with Gasteiger partial charge in [-0.15, -0.1) is 0 Å². The molecule has 4 rings (SSSR count). The number of carbonyl (C=O) groups is 2. The van der Waals surface area contributed by atoms with Crippen molar-refractivity contribution in [3.63, 3.8) is 0 Å². The highest BCUT2D eigenvalue weighted by atomic mass is 35.5. The summed E-state index contributed by atoms with van der Waals surface area (Å²) in [6.07, 6.45) is 0. The second-order valence-electron chi connectivity index (χ2n) is 7.57. The van der Waals surface area contributed by atoms with E-state index in [-0.39, 0.29) is 5.70 Å². The molecule has 0 bridgehead atoms. The molecule has 0 fully saturated rings. The molecular formula is C26H23ClN2O3. The standard InChI is InChI=1S/C26H23ClN2O3/c1-4-32-21-13-11-20(12-14-21)29-25(30)23(18-7-9-19(27)10-8-18)24(26(29)31)28-22-15-16(2)5-6-17(22)3/h5-15,28H,4H2,1-3H3. The fraction of sp³-hybridized carbons (Fsp3) is 0.154. The Morgan fingerprint density at radius 3 is 2.25 bits per heavy atom. The molecule has 0 saturated heterocycles. The van der Waals surface area contributed by atoms with Crippen LogP contribution in [0.15, 0.2) is 72.4 Å². The second kappa shape index (κ2) is 8.89. The van der Waals surface area contributed by atoms with Gasteiger partial charge in [-0.2, -0.15) is 0 Å². The normalized spacial score (nSPS) is 13.7. The average molecular weight is 447 g/mol.